The van der Waals surface area contributed by atoms with Crippen molar-refractivity contribution < 1.29 is 19.1 Å². The van der Waals surface area contributed by atoms with Crippen LogP contribution in [0.5, 0.6) is 0 Å². The van der Waals surface area contributed by atoms with Gasteiger partial charge in [0.15, 0.2) is 0 Å². The van der Waals surface area contributed by atoms with Crippen molar-refractivity contribution in [1.29, 1.82) is 0 Å². The molecule has 27 heavy (non-hydrogen) atoms. The first-order valence-electron chi connectivity index (χ1n) is 8.42. The number of carbonyl (C=O) groups excluding carboxylic acids is 3. The minimum Gasteiger partial charge on any atom is -0.468 e. The molecule has 0 spiro atoms. The van der Waals surface area contributed by atoms with E-state index in [1.54, 1.807) is 24.3 Å². The van der Waals surface area contributed by atoms with Gasteiger partial charge < -0.3 is 15.0 Å². The maximum atomic E-state index is 12.5. The molecule has 2 amide bonds. The van der Waals surface area contributed by atoms with Crippen molar-refractivity contribution >= 4 is 33.7 Å². The Morgan fingerprint density at radius 3 is 2.33 bits per heavy atom. The molecule has 0 aliphatic rings. The molecule has 0 bridgehead atoms. The number of hydrogen-bond acceptors (Lipinski definition) is 4. The molecular formula is C20H21BrN2O4. The first kappa shape index (κ1) is 20.6. The fourth-order valence-electron chi connectivity index (χ4n) is 2.40. The van der Waals surface area contributed by atoms with Crippen LogP contribution in [0, 0.1) is 0 Å². The van der Waals surface area contributed by atoms with Gasteiger partial charge in [0.05, 0.1) is 7.11 Å². The minimum absolute atomic E-state index is 0.0894. The predicted octanol–water partition coefficient (Wildman–Crippen LogP) is 2.77. The lowest BCUT2D eigenvalue weighted by Crippen LogP contribution is -2.37. The fourth-order valence-corrected chi connectivity index (χ4v) is 2.67. The molecule has 0 aliphatic carbocycles. The van der Waals surface area contributed by atoms with Gasteiger partial charge in [0.2, 0.25) is 5.91 Å². The van der Waals surface area contributed by atoms with Gasteiger partial charge in [0.25, 0.3) is 5.91 Å². The molecule has 7 heteroatoms. The number of carbonyl (C=O) groups is 3. The molecular weight excluding hydrogens is 412 g/mol. The number of ether oxygens (including phenoxy) is 1. The van der Waals surface area contributed by atoms with Crippen LogP contribution in [-0.4, -0.2) is 42.9 Å². The summed E-state index contributed by atoms with van der Waals surface area (Å²) >= 11 is 3.32. The zero-order valence-corrected chi connectivity index (χ0v) is 16.6. The Morgan fingerprint density at radius 1 is 1.04 bits per heavy atom. The normalized spacial score (nSPS) is 10.1. The summed E-state index contributed by atoms with van der Waals surface area (Å²) in [6, 6.07) is 16.3. The monoisotopic (exact) mass is 432 g/mol. The molecule has 0 aliphatic heterocycles. The van der Waals surface area contributed by atoms with Gasteiger partial charge in [-0.15, -0.1) is 0 Å². The number of nitrogens with one attached hydrogen (secondary N) is 1. The molecule has 6 nitrogen and oxygen atoms in total. The first-order valence-corrected chi connectivity index (χ1v) is 9.21. The minimum atomic E-state index is -0.488. The average molecular weight is 433 g/mol. The van der Waals surface area contributed by atoms with Gasteiger partial charge in [-0.3, -0.25) is 14.4 Å². The van der Waals surface area contributed by atoms with Crippen LogP contribution in [0.15, 0.2) is 59.1 Å². The lowest BCUT2D eigenvalue weighted by Gasteiger charge is -2.21. The van der Waals surface area contributed by atoms with E-state index in [4.69, 9.17) is 0 Å². The van der Waals surface area contributed by atoms with Crippen LogP contribution in [-0.2, 0) is 20.9 Å². The Balaban J connectivity index is 1.91. The molecule has 1 N–H and O–H groups in total. The maximum absolute atomic E-state index is 12.5. The van der Waals surface area contributed by atoms with Crippen LogP contribution in [0.25, 0.3) is 0 Å². The van der Waals surface area contributed by atoms with Gasteiger partial charge in [-0.05, 0) is 29.8 Å². The summed E-state index contributed by atoms with van der Waals surface area (Å²) in [6.45, 7) is 0.348. The van der Waals surface area contributed by atoms with E-state index in [0.29, 0.717) is 12.1 Å². The number of esters is 1. The Bertz CT molecular complexity index is 778. The van der Waals surface area contributed by atoms with Crippen LogP contribution in [0.2, 0.25) is 0 Å². The van der Waals surface area contributed by atoms with Gasteiger partial charge in [-0.2, -0.15) is 0 Å². The summed E-state index contributed by atoms with van der Waals surface area (Å²) in [7, 11) is 1.28. The third kappa shape index (κ3) is 6.86. The second-order valence-corrected chi connectivity index (χ2v) is 6.74. The van der Waals surface area contributed by atoms with Crippen LogP contribution in [0.3, 0.4) is 0 Å². The van der Waals surface area contributed by atoms with E-state index in [1.807, 2.05) is 30.3 Å². The highest BCUT2D eigenvalue weighted by Gasteiger charge is 2.18. The number of nitrogens with zero attached hydrogens (tertiary/aromatic N) is 1. The second-order valence-electron chi connectivity index (χ2n) is 5.82. The van der Waals surface area contributed by atoms with E-state index in [9.17, 15) is 14.4 Å². The van der Waals surface area contributed by atoms with Crippen molar-refractivity contribution in [2.75, 3.05) is 20.2 Å². The quantitative estimate of drug-likeness (QED) is 0.650. The Labute approximate surface area is 166 Å². The highest BCUT2D eigenvalue weighted by Crippen LogP contribution is 2.10. The molecule has 142 valence electrons. The molecule has 0 saturated carbocycles. The molecule has 0 saturated heterocycles. The highest BCUT2D eigenvalue weighted by atomic mass is 79.9. The molecule has 0 radical (unpaired) electrons. The van der Waals surface area contributed by atoms with Crippen molar-refractivity contribution in [3.05, 3.63) is 70.2 Å². The molecule has 2 aromatic carbocycles. The Morgan fingerprint density at radius 2 is 1.70 bits per heavy atom. The summed E-state index contributed by atoms with van der Waals surface area (Å²) in [5.74, 6) is -0.976. The SMILES string of the molecule is COC(=O)CN(Cc1ccccc1)C(=O)CCNC(=O)c1ccc(Br)cc1. The van der Waals surface area contributed by atoms with Crippen molar-refractivity contribution in [2.24, 2.45) is 0 Å². The zero-order valence-electron chi connectivity index (χ0n) is 15.0. The van der Waals surface area contributed by atoms with Gasteiger partial charge in [0, 0.05) is 29.5 Å². The summed E-state index contributed by atoms with van der Waals surface area (Å²) in [6.07, 6.45) is 0.0894. The molecule has 0 aromatic heterocycles. The summed E-state index contributed by atoms with van der Waals surface area (Å²) in [4.78, 5) is 37.7. The van der Waals surface area contributed by atoms with Gasteiger partial charge in [0.1, 0.15) is 6.54 Å². The summed E-state index contributed by atoms with van der Waals surface area (Å²) < 4.78 is 5.56. The summed E-state index contributed by atoms with van der Waals surface area (Å²) in [5.41, 5.74) is 1.43. The van der Waals surface area contributed by atoms with Crippen molar-refractivity contribution in [3.8, 4) is 0 Å². The number of benzene rings is 2. The molecule has 2 rings (SSSR count). The fraction of sp³-hybridized carbons (Fsp3) is 0.250. The number of rotatable bonds is 8. The van der Waals surface area contributed by atoms with Gasteiger partial charge in [-0.25, -0.2) is 0 Å². The van der Waals surface area contributed by atoms with E-state index < -0.39 is 5.97 Å². The van der Waals surface area contributed by atoms with Crippen molar-refractivity contribution in [3.63, 3.8) is 0 Å². The van der Waals surface area contributed by atoms with Crippen molar-refractivity contribution in [1.82, 2.24) is 10.2 Å². The third-order valence-corrected chi connectivity index (χ3v) is 4.38. The highest BCUT2D eigenvalue weighted by molar-refractivity contribution is 9.10. The Kier molecular flexibility index (Phi) is 8.00. The first-order chi connectivity index (χ1) is 13.0. The largest absolute Gasteiger partial charge is 0.468 e. The van der Waals surface area contributed by atoms with E-state index in [2.05, 4.69) is 26.0 Å². The van der Waals surface area contributed by atoms with E-state index in [0.717, 1.165) is 10.0 Å². The van der Waals surface area contributed by atoms with Crippen LogP contribution in [0.1, 0.15) is 22.3 Å². The van der Waals surface area contributed by atoms with Crippen LogP contribution < -0.4 is 5.32 Å². The van der Waals surface area contributed by atoms with Crippen molar-refractivity contribution in [2.45, 2.75) is 13.0 Å². The molecule has 0 heterocycles. The smallest absolute Gasteiger partial charge is 0.325 e. The lowest BCUT2D eigenvalue weighted by molar-refractivity contribution is -0.147. The lowest BCUT2D eigenvalue weighted by atomic mass is 10.2. The number of hydrogen-bond donors (Lipinski definition) is 1. The van der Waals surface area contributed by atoms with Gasteiger partial charge in [-0.1, -0.05) is 46.3 Å². The summed E-state index contributed by atoms with van der Waals surface area (Å²) in [5, 5.41) is 2.72. The molecule has 0 atom stereocenters. The molecule has 0 unspecified atom stereocenters. The number of halogens is 1. The van der Waals surface area contributed by atoms with E-state index in [1.165, 1.54) is 12.0 Å². The zero-order chi connectivity index (χ0) is 19.6. The number of methoxy groups -OCH3 is 1. The standard InChI is InChI=1S/C20H21BrN2O4/c1-27-19(25)14-23(13-15-5-3-2-4-6-15)18(24)11-12-22-20(26)16-7-9-17(21)10-8-16/h2-10H,11-14H2,1H3,(H,22,26). The molecule has 0 fully saturated rings. The second kappa shape index (κ2) is 10.5. The number of amides is 2. The average Bonchev–Trinajstić information content (AvgIpc) is 2.68. The van der Waals surface area contributed by atoms with Crippen LogP contribution in [0.4, 0.5) is 0 Å². The van der Waals surface area contributed by atoms with Gasteiger partial charge >= 0.3 is 5.97 Å². The van der Waals surface area contributed by atoms with Crippen LogP contribution >= 0.6 is 15.9 Å². The van der Waals surface area contributed by atoms with E-state index >= 15 is 0 Å². The topological polar surface area (TPSA) is 75.7 Å². The van der Waals surface area contributed by atoms with E-state index in [-0.39, 0.29) is 31.3 Å². The maximum Gasteiger partial charge on any atom is 0.325 e. The Hall–Kier alpha value is -2.67. The third-order valence-electron chi connectivity index (χ3n) is 3.85. The molecule has 2 aromatic rings. The predicted molar refractivity (Wildman–Crippen MR) is 105 cm³/mol.